The van der Waals surface area contributed by atoms with E-state index >= 15 is 4.39 Å². The van der Waals surface area contributed by atoms with Gasteiger partial charge in [-0.05, 0) is 59.1 Å². The number of hydrogen-bond donors (Lipinski definition) is 4. The van der Waals surface area contributed by atoms with Crippen molar-refractivity contribution in [2.45, 2.75) is 83.5 Å². The van der Waals surface area contributed by atoms with Crippen molar-refractivity contribution >= 4 is 23.6 Å². The van der Waals surface area contributed by atoms with E-state index in [4.69, 9.17) is 5.73 Å². The van der Waals surface area contributed by atoms with E-state index in [1.54, 1.807) is 0 Å². The van der Waals surface area contributed by atoms with Gasteiger partial charge in [-0.25, -0.2) is 14.2 Å². The summed E-state index contributed by atoms with van der Waals surface area (Å²) >= 11 is 0. The fourth-order valence-electron chi connectivity index (χ4n) is 4.75. The molecule has 0 radical (unpaired) electrons. The van der Waals surface area contributed by atoms with E-state index in [2.05, 4.69) is 15.6 Å². The fraction of sp³-hybridized carbons (Fsp3) is 0.500. The van der Waals surface area contributed by atoms with Gasteiger partial charge in [-0.2, -0.15) is 0 Å². The molecule has 35 heavy (non-hydrogen) atoms. The third-order valence-electron chi connectivity index (χ3n) is 6.48. The number of benzene rings is 1. The monoisotopic (exact) mass is 485 g/mol. The molecule has 9 heteroatoms. The zero-order chi connectivity index (χ0) is 26.0. The Morgan fingerprint density at radius 1 is 1.11 bits per heavy atom. The largest absolute Gasteiger partial charge is 0.465 e. The van der Waals surface area contributed by atoms with Crippen LogP contribution in [0.4, 0.5) is 20.8 Å². The number of amides is 2. The van der Waals surface area contributed by atoms with Crippen LogP contribution in [-0.2, 0) is 5.54 Å². The summed E-state index contributed by atoms with van der Waals surface area (Å²) in [6.45, 7) is 9.22. The van der Waals surface area contributed by atoms with Crippen LogP contribution in [0.15, 0.2) is 36.4 Å². The van der Waals surface area contributed by atoms with Crippen LogP contribution >= 0.6 is 0 Å². The normalized spacial score (nSPS) is 18.6. The molecule has 0 unspecified atom stereocenters. The van der Waals surface area contributed by atoms with Gasteiger partial charge in [-0.15, -0.1) is 0 Å². The van der Waals surface area contributed by atoms with Gasteiger partial charge in [0.15, 0.2) is 11.6 Å². The number of carbonyl (C=O) groups is 2. The summed E-state index contributed by atoms with van der Waals surface area (Å²) in [5.74, 6) is -1.44. The molecule has 0 spiro atoms. The molecule has 2 atom stereocenters. The molecule has 1 aliphatic carbocycles. The molecule has 1 fully saturated rings. The number of hydrogen-bond acceptors (Lipinski definition) is 5. The van der Waals surface area contributed by atoms with Gasteiger partial charge in [0, 0.05) is 11.6 Å². The predicted octanol–water partition coefficient (Wildman–Crippen LogP) is 4.97. The molecule has 2 aromatic rings. The first-order chi connectivity index (χ1) is 16.3. The van der Waals surface area contributed by atoms with E-state index in [-0.39, 0.29) is 29.3 Å². The first kappa shape index (κ1) is 26.2. The summed E-state index contributed by atoms with van der Waals surface area (Å²) in [6.07, 6.45) is 2.08. The van der Waals surface area contributed by atoms with Gasteiger partial charge in [0.2, 0.25) is 0 Å². The quantitative estimate of drug-likeness (QED) is 0.458. The Labute approximate surface area is 206 Å². The zero-order valence-electron chi connectivity index (χ0n) is 21.1. The van der Waals surface area contributed by atoms with Gasteiger partial charge in [-0.3, -0.25) is 9.69 Å². The lowest BCUT2D eigenvalue weighted by Gasteiger charge is -2.45. The van der Waals surface area contributed by atoms with Crippen LogP contribution in [0.25, 0.3) is 0 Å². The lowest BCUT2D eigenvalue weighted by atomic mass is 9.86. The van der Waals surface area contributed by atoms with Crippen LogP contribution < -0.4 is 16.4 Å². The van der Waals surface area contributed by atoms with Crippen molar-refractivity contribution in [3.05, 3.63) is 53.3 Å². The lowest BCUT2D eigenvalue weighted by Crippen LogP contribution is -2.58. The average molecular weight is 486 g/mol. The number of nitrogens with two attached hydrogens (primary N) is 1. The molecule has 3 rings (SSSR count). The van der Waals surface area contributed by atoms with Crippen molar-refractivity contribution < 1.29 is 19.1 Å². The van der Waals surface area contributed by atoms with Gasteiger partial charge in [0.1, 0.15) is 5.82 Å². The number of nitrogens with zero attached hydrogens (tertiary/aromatic N) is 2. The molecule has 190 valence electrons. The van der Waals surface area contributed by atoms with Gasteiger partial charge in [0.25, 0.3) is 5.91 Å². The van der Waals surface area contributed by atoms with Crippen LogP contribution in [0.1, 0.15) is 76.2 Å². The minimum absolute atomic E-state index is 0.0564. The van der Waals surface area contributed by atoms with Crippen molar-refractivity contribution in [3.63, 3.8) is 0 Å². The summed E-state index contributed by atoms with van der Waals surface area (Å²) in [6, 6.07) is 9.83. The molecular formula is C26H36FN5O3. The Morgan fingerprint density at radius 3 is 2.34 bits per heavy atom. The topological polar surface area (TPSA) is 121 Å². The summed E-state index contributed by atoms with van der Waals surface area (Å²) in [4.78, 5) is 30.6. The summed E-state index contributed by atoms with van der Waals surface area (Å²) in [5.41, 5.74) is 5.59. The van der Waals surface area contributed by atoms with Crippen molar-refractivity contribution in [1.82, 2.24) is 15.2 Å². The maximum Gasteiger partial charge on any atom is 0.408 e. The second kappa shape index (κ2) is 10.1. The summed E-state index contributed by atoms with van der Waals surface area (Å²) in [5, 5.41) is 15.8. The van der Waals surface area contributed by atoms with E-state index in [0.717, 1.165) is 24.5 Å². The number of halogens is 1. The third-order valence-corrected chi connectivity index (χ3v) is 6.48. The van der Waals surface area contributed by atoms with Crippen LogP contribution in [0.3, 0.4) is 0 Å². The molecule has 0 aliphatic heterocycles. The SMILES string of the molecule is CC(C)(NC(=O)c1cc(F)c(N[C@H]2CCCC[C@H]2N(C(=O)O)C(C)(C)C)nc1N)c1ccccc1. The molecule has 0 saturated heterocycles. The van der Waals surface area contributed by atoms with E-state index in [1.807, 2.05) is 65.0 Å². The highest BCUT2D eigenvalue weighted by atomic mass is 19.1. The number of carboxylic acid groups (broad SMARTS) is 1. The fourth-order valence-corrected chi connectivity index (χ4v) is 4.75. The standard InChI is InChI=1S/C26H36FN5O3/c1-25(2,3)32(24(34)35)20-14-10-9-13-19(20)29-22-18(27)15-17(21(28)30-22)23(33)31-26(4,5)16-11-7-6-8-12-16/h6-8,11-12,15,19-20H,9-10,13-14H2,1-5H3,(H,31,33)(H,34,35)(H3,28,29,30)/t19-,20+/m0/s1. The number of carbonyl (C=O) groups excluding carboxylic acids is 1. The van der Waals surface area contributed by atoms with E-state index in [1.165, 1.54) is 4.90 Å². The van der Waals surface area contributed by atoms with E-state index < -0.39 is 28.9 Å². The molecule has 1 aromatic carbocycles. The first-order valence-electron chi connectivity index (χ1n) is 11.9. The third kappa shape index (κ3) is 6.01. The molecule has 1 aromatic heterocycles. The maximum absolute atomic E-state index is 15.1. The molecule has 1 aliphatic rings. The van der Waals surface area contributed by atoms with Gasteiger partial charge in [0.05, 0.1) is 17.1 Å². The van der Waals surface area contributed by atoms with Gasteiger partial charge in [-0.1, -0.05) is 43.2 Å². The van der Waals surface area contributed by atoms with Crippen LogP contribution in [0.5, 0.6) is 0 Å². The van der Waals surface area contributed by atoms with Crippen molar-refractivity contribution in [1.29, 1.82) is 0 Å². The van der Waals surface area contributed by atoms with E-state index in [0.29, 0.717) is 12.8 Å². The lowest BCUT2D eigenvalue weighted by molar-refractivity contribution is 0.0519. The Balaban J connectivity index is 1.82. The minimum Gasteiger partial charge on any atom is -0.465 e. The Bertz CT molecular complexity index is 1070. The molecule has 0 bridgehead atoms. The van der Waals surface area contributed by atoms with Crippen molar-refractivity contribution in [2.24, 2.45) is 0 Å². The van der Waals surface area contributed by atoms with Gasteiger partial charge >= 0.3 is 6.09 Å². The van der Waals surface area contributed by atoms with Crippen LogP contribution in [-0.4, -0.2) is 44.6 Å². The second-order valence-electron chi connectivity index (χ2n) is 10.6. The predicted molar refractivity (Wildman–Crippen MR) is 135 cm³/mol. The highest BCUT2D eigenvalue weighted by Crippen LogP contribution is 2.31. The average Bonchev–Trinajstić information content (AvgIpc) is 2.76. The minimum atomic E-state index is -1.02. The number of pyridine rings is 1. The van der Waals surface area contributed by atoms with Crippen molar-refractivity contribution in [2.75, 3.05) is 11.1 Å². The highest BCUT2D eigenvalue weighted by molar-refractivity contribution is 5.99. The van der Waals surface area contributed by atoms with E-state index in [9.17, 15) is 14.7 Å². The van der Waals surface area contributed by atoms with Crippen LogP contribution in [0.2, 0.25) is 0 Å². The molecule has 1 saturated carbocycles. The molecule has 8 nitrogen and oxygen atoms in total. The number of aromatic nitrogens is 1. The molecular weight excluding hydrogens is 449 g/mol. The number of anilines is 2. The highest BCUT2D eigenvalue weighted by Gasteiger charge is 2.39. The Hall–Kier alpha value is -3.36. The molecule has 1 heterocycles. The second-order valence-corrected chi connectivity index (χ2v) is 10.6. The molecule has 2 amide bonds. The Morgan fingerprint density at radius 2 is 1.74 bits per heavy atom. The first-order valence-corrected chi connectivity index (χ1v) is 11.9. The zero-order valence-corrected chi connectivity index (χ0v) is 21.1. The van der Waals surface area contributed by atoms with Gasteiger partial charge < -0.3 is 21.5 Å². The van der Waals surface area contributed by atoms with Crippen molar-refractivity contribution in [3.8, 4) is 0 Å². The van der Waals surface area contributed by atoms with Crippen LogP contribution in [0, 0.1) is 5.82 Å². The molecule has 5 N–H and O–H groups in total. The number of nitrogen functional groups attached to an aromatic ring is 1. The maximum atomic E-state index is 15.1. The summed E-state index contributed by atoms with van der Waals surface area (Å²) in [7, 11) is 0. The Kier molecular flexibility index (Phi) is 7.57. The smallest absolute Gasteiger partial charge is 0.408 e. The number of rotatable bonds is 6. The summed E-state index contributed by atoms with van der Waals surface area (Å²) < 4.78 is 15.1. The number of nitrogens with one attached hydrogen (secondary N) is 2.